The van der Waals surface area contributed by atoms with Crippen LogP contribution in [0.15, 0.2) is 132 Å². The van der Waals surface area contributed by atoms with Gasteiger partial charge >= 0.3 is 5.69 Å². The molecular formula is C35H32N4O4. The highest BCUT2D eigenvalue weighted by Crippen LogP contribution is 2.56. The summed E-state index contributed by atoms with van der Waals surface area (Å²) < 4.78 is 8.37. The molecule has 1 saturated heterocycles. The fourth-order valence-corrected chi connectivity index (χ4v) is 6.36. The minimum absolute atomic E-state index is 0.121. The van der Waals surface area contributed by atoms with Crippen molar-refractivity contribution in [1.82, 2.24) is 9.55 Å². The summed E-state index contributed by atoms with van der Waals surface area (Å²) in [6.07, 6.45) is 1.97. The average Bonchev–Trinajstić information content (AvgIpc) is 3.48. The van der Waals surface area contributed by atoms with E-state index < -0.39 is 22.9 Å². The van der Waals surface area contributed by atoms with Gasteiger partial charge in [-0.2, -0.15) is 4.98 Å². The van der Waals surface area contributed by atoms with Gasteiger partial charge in [-0.25, -0.2) is 4.79 Å². The summed E-state index contributed by atoms with van der Waals surface area (Å²) in [4.78, 5) is 31.2. The summed E-state index contributed by atoms with van der Waals surface area (Å²) in [6, 6.07) is 37.7. The first-order valence-corrected chi connectivity index (χ1v) is 14.2. The Morgan fingerprint density at radius 1 is 0.907 bits per heavy atom. The van der Waals surface area contributed by atoms with Gasteiger partial charge in [0.25, 0.3) is 5.91 Å². The number of nitrogens with two attached hydrogens (primary N) is 1. The molecule has 8 nitrogen and oxygen atoms in total. The predicted molar refractivity (Wildman–Crippen MR) is 166 cm³/mol. The first-order chi connectivity index (χ1) is 21.0. The number of nitrogens with zero attached hydrogens (tertiary/aromatic N) is 2. The van der Waals surface area contributed by atoms with Crippen molar-refractivity contribution in [2.45, 2.75) is 30.1 Å². The number of rotatable bonds is 8. The maximum Gasteiger partial charge on any atom is 0.351 e. The maximum absolute atomic E-state index is 14.1. The van der Waals surface area contributed by atoms with E-state index in [9.17, 15) is 14.7 Å². The van der Waals surface area contributed by atoms with Gasteiger partial charge in [-0.3, -0.25) is 9.36 Å². The van der Waals surface area contributed by atoms with Gasteiger partial charge in [0.15, 0.2) is 5.72 Å². The van der Waals surface area contributed by atoms with Gasteiger partial charge in [0.1, 0.15) is 5.82 Å². The lowest BCUT2D eigenvalue weighted by Gasteiger charge is -2.50. The van der Waals surface area contributed by atoms with Crippen LogP contribution in [0.25, 0.3) is 0 Å². The normalized spacial score (nSPS) is 18.3. The highest BCUT2D eigenvalue weighted by Gasteiger charge is 2.61. The number of hydrogen-bond acceptors (Lipinski definition) is 6. The quantitative estimate of drug-likeness (QED) is 0.179. The molecule has 216 valence electrons. The number of aromatic nitrogens is 2. The first kappa shape index (κ1) is 28.1. The van der Waals surface area contributed by atoms with Gasteiger partial charge in [0.2, 0.25) is 0 Å². The van der Waals surface area contributed by atoms with Gasteiger partial charge in [-0.05, 0) is 59.9 Å². The minimum atomic E-state index is -1.37. The second-order valence-corrected chi connectivity index (χ2v) is 10.6. The maximum atomic E-state index is 14.1. The number of aliphatic hydroxyl groups is 1. The summed E-state index contributed by atoms with van der Waals surface area (Å²) >= 11 is 0. The molecule has 4 N–H and O–H groups in total. The van der Waals surface area contributed by atoms with Crippen LogP contribution in [0.4, 0.5) is 11.5 Å². The molecule has 6 rings (SSSR count). The molecule has 1 amide bonds. The van der Waals surface area contributed by atoms with E-state index in [-0.39, 0.29) is 18.3 Å². The highest BCUT2D eigenvalue weighted by molar-refractivity contribution is 6.03. The Kier molecular flexibility index (Phi) is 7.63. The fourth-order valence-electron chi connectivity index (χ4n) is 6.36. The van der Waals surface area contributed by atoms with Crippen molar-refractivity contribution in [2.24, 2.45) is 0 Å². The molecule has 1 aromatic heterocycles. The lowest BCUT2D eigenvalue weighted by molar-refractivity contribution is -0.143. The lowest BCUT2D eigenvalue weighted by atomic mass is 9.61. The number of anilines is 2. The number of ether oxygens (including phenoxy) is 1. The molecule has 1 aliphatic heterocycles. The van der Waals surface area contributed by atoms with Gasteiger partial charge in [0.05, 0.1) is 18.1 Å². The number of benzene rings is 4. The third-order valence-corrected chi connectivity index (χ3v) is 8.16. The van der Waals surface area contributed by atoms with Crippen LogP contribution in [0.3, 0.4) is 0 Å². The fraction of sp³-hybridized carbons (Fsp3) is 0.171. The summed E-state index contributed by atoms with van der Waals surface area (Å²) in [5, 5.41) is 13.0. The second kappa shape index (κ2) is 11.7. The zero-order valence-corrected chi connectivity index (χ0v) is 23.5. The third kappa shape index (κ3) is 4.90. The van der Waals surface area contributed by atoms with Crippen LogP contribution in [0.5, 0.6) is 0 Å². The molecule has 0 aliphatic carbocycles. The highest BCUT2D eigenvalue weighted by atomic mass is 16.5. The number of amides is 1. The van der Waals surface area contributed by atoms with Gasteiger partial charge < -0.3 is 20.9 Å². The third-order valence-electron chi connectivity index (χ3n) is 8.16. The van der Waals surface area contributed by atoms with Crippen molar-refractivity contribution >= 4 is 17.4 Å². The van der Waals surface area contributed by atoms with Crippen molar-refractivity contribution in [3.63, 3.8) is 0 Å². The van der Waals surface area contributed by atoms with Crippen molar-refractivity contribution in [1.29, 1.82) is 0 Å². The summed E-state index contributed by atoms with van der Waals surface area (Å²) in [5.74, 6) is -0.254. The predicted octanol–water partition coefficient (Wildman–Crippen LogP) is 4.94. The topological polar surface area (TPSA) is 119 Å². The molecular weight excluding hydrogens is 540 g/mol. The molecule has 0 bridgehead atoms. The van der Waals surface area contributed by atoms with E-state index >= 15 is 0 Å². The monoisotopic (exact) mass is 572 g/mol. The van der Waals surface area contributed by atoms with E-state index in [1.807, 2.05) is 91.0 Å². The van der Waals surface area contributed by atoms with Gasteiger partial charge in [-0.1, -0.05) is 91.0 Å². The molecule has 0 spiro atoms. The molecule has 43 heavy (non-hydrogen) atoms. The number of nitrogens with one attached hydrogen (secondary N) is 1. The molecule has 0 unspecified atom stereocenters. The van der Waals surface area contributed by atoms with E-state index in [0.29, 0.717) is 24.1 Å². The van der Waals surface area contributed by atoms with Crippen LogP contribution >= 0.6 is 0 Å². The van der Waals surface area contributed by atoms with Gasteiger partial charge in [-0.15, -0.1) is 0 Å². The summed E-state index contributed by atoms with van der Waals surface area (Å²) in [7, 11) is 0. The Morgan fingerprint density at radius 3 is 2.07 bits per heavy atom. The SMILES string of the molecule is Nc1cccc(C(c2ccccc2)(c2ccccc2)[C@]2(n3ccc(NC(=O)c4ccccc4)nc3=O)CC[C@@H](CO)O2)c1. The Bertz CT molecular complexity index is 1740. The van der Waals surface area contributed by atoms with Crippen LogP contribution in [-0.4, -0.2) is 33.3 Å². The molecule has 0 saturated carbocycles. The number of carbonyl (C=O) groups excluding carboxylic acids is 1. The minimum Gasteiger partial charge on any atom is -0.399 e. The van der Waals surface area contributed by atoms with Crippen LogP contribution in [0, 0.1) is 0 Å². The van der Waals surface area contributed by atoms with Crippen molar-refractivity contribution in [3.05, 3.63) is 160 Å². The molecule has 2 heterocycles. The summed E-state index contributed by atoms with van der Waals surface area (Å²) in [6.45, 7) is -0.217. The smallest absolute Gasteiger partial charge is 0.351 e. The van der Waals surface area contributed by atoms with E-state index in [4.69, 9.17) is 10.5 Å². The Labute approximate surface area is 249 Å². The van der Waals surface area contributed by atoms with Gasteiger partial charge in [0, 0.05) is 17.4 Å². The molecule has 0 radical (unpaired) electrons. The molecule has 4 aromatic carbocycles. The summed E-state index contributed by atoms with van der Waals surface area (Å²) in [5.41, 5.74) is 6.88. The van der Waals surface area contributed by atoms with Crippen LogP contribution in [0.2, 0.25) is 0 Å². The zero-order chi connectivity index (χ0) is 29.9. The molecule has 2 atom stereocenters. The average molecular weight is 573 g/mol. The van der Waals surface area contributed by atoms with Crippen molar-refractivity contribution in [3.8, 4) is 0 Å². The number of hydrogen-bond donors (Lipinski definition) is 3. The van der Waals surface area contributed by atoms with Crippen LogP contribution in [-0.2, 0) is 15.9 Å². The number of carbonyl (C=O) groups is 1. The number of aliphatic hydroxyl groups excluding tert-OH is 1. The largest absolute Gasteiger partial charge is 0.399 e. The zero-order valence-electron chi connectivity index (χ0n) is 23.5. The lowest BCUT2D eigenvalue weighted by Crippen LogP contribution is -2.58. The van der Waals surface area contributed by atoms with Crippen molar-refractivity contribution in [2.75, 3.05) is 17.7 Å². The number of nitrogen functional groups attached to an aromatic ring is 1. The standard InChI is InChI=1S/C35H32N4O4/c36-29-18-10-17-28(23-29)35(26-13-6-2-7-14-26,27-15-8-3-9-16-27)34(21-19-30(24-40)43-34)39-22-20-31(38-33(39)42)37-32(41)25-11-4-1-5-12-25/h1-18,20,22-23,30,40H,19,21,24,36H2,(H,37,38,41,42)/t30-,34-/m0/s1. The second-order valence-electron chi connectivity index (χ2n) is 10.6. The molecule has 5 aromatic rings. The molecule has 8 heteroatoms. The van der Waals surface area contributed by atoms with E-state index in [2.05, 4.69) is 10.3 Å². The Morgan fingerprint density at radius 2 is 1.51 bits per heavy atom. The molecule has 1 fully saturated rings. The van der Waals surface area contributed by atoms with Crippen LogP contribution < -0.4 is 16.7 Å². The van der Waals surface area contributed by atoms with E-state index in [1.54, 1.807) is 36.5 Å². The van der Waals surface area contributed by atoms with Crippen LogP contribution in [0.1, 0.15) is 39.9 Å². The van der Waals surface area contributed by atoms with E-state index in [0.717, 1.165) is 16.7 Å². The molecule has 1 aliphatic rings. The van der Waals surface area contributed by atoms with Crippen molar-refractivity contribution < 1.29 is 14.6 Å². The first-order valence-electron chi connectivity index (χ1n) is 14.2. The van der Waals surface area contributed by atoms with E-state index in [1.165, 1.54) is 4.57 Å². The Balaban J connectivity index is 1.61. The Hall–Kier alpha value is -5.05.